The first-order chi connectivity index (χ1) is 32.0. The molecule has 0 aromatic carbocycles. The molecule has 1 unspecified atom stereocenters. The molecular weight excluding hydrogens is 805 g/mol. The zero-order chi connectivity index (χ0) is 47.2. The van der Waals surface area contributed by atoms with E-state index < -0.39 is 6.10 Å². The summed E-state index contributed by atoms with van der Waals surface area (Å²) < 4.78 is 16.8. The molecule has 0 rings (SSSR count). The molecule has 0 aliphatic carbocycles. The van der Waals surface area contributed by atoms with Crippen LogP contribution in [-0.4, -0.2) is 37.2 Å². The van der Waals surface area contributed by atoms with Crippen molar-refractivity contribution in [3.05, 3.63) is 85.1 Å². The number of carbonyl (C=O) groups is 3. The van der Waals surface area contributed by atoms with E-state index in [9.17, 15) is 14.4 Å². The molecule has 0 fully saturated rings. The lowest BCUT2D eigenvalue weighted by Crippen LogP contribution is -2.30. The highest BCUT2D eigenvalue weighted by atomic mass is 16.6. The second kappa shape index (κ2) is 53.2. The Bertz CT molecular complexity index is 1270. The van der Waals surface area contributed by atoms with Crippen LogP contribution in [0.4, 0.5) is 0 Å². The maximum absolute atomic E-state index is 12.8. The first kappa shape index (κ1) is 61.6. The molecule has 0 amide bonds. The van der Waals surface area contributed by atoms with Gasteiger partial charge in [0.1, 0.15) is 13.2 Å². The number of rotatable bonds is 48. The van der Waals surface area contributed by atoms with Crippen molar-refractivity contribution in [2.24, 2.45) is 0 Å². The van der Waals surface area contributed by atoms with Crippen molar-refractivity contribution in [3.8, 4) is 0 Å². The van der Waals surface area contributed by atoms with E-state index in [1.54, 1.807) is 0 Å². The van der Waals surface area contributed by atoms with Gasteiger partial charge in [-0.1, -0.05) is 202 Å². The predicted molar refractivity (Wildman–Crippen MR) is 279 cm³/mol. The van der Waals surface area contributed by atoms with Crippen molar-refractivity contribution < 1.29 is 28.6 Å². The molecule has 0 aliphatic rings. The predicted octanol–water partition coefficient (Wildman–Crippen LogP) is 18.0. The van der Waals surface area contributed by atoms with Gasteiger partial charge in [0.2, 0.25) is 0 Å². The fraction of sp³-hybridized carbons (Fsp3) is 0.712. The minimum atomic E-state index is -0.803. The first-order valence-corrected chi connectivity index (χ1v) is 27.1. The molecule has 0 aromatic heterocycles. The monoisotopic (exact) mass is 905 g/mol. The maximum atomic E-state index is 12.8. The minimum Gasteiger partial charge on any atom is -0.462 e. The van der Waals surface area contributed by atoms with E-state index in [1.165, 1.54) is 116 Å². The summed E-state index contributed by atoms with van der Waals surface area (Å²) in [6, 6.07) is 0. The summed E-state index contributed by atoms with van der Waals surface area (Å²) in [6.07, 6.45) is 68.5. The number of carbonyl (C=O) groups excluding carboxylic acids is 3. The van der Waals surface area contributed by atoms with Crippen LogP contribution in [0.5, 0.6) is 0 Å². The summed E-state index contributed by atoms with van der Waals surface area (Å²) in [6.45, 7) is 6.44. The van der Waals surface area contributed by atoms with Gasteiger partial charge >= 0.3 is 17.9 Å². The highest BCUT2D eigenvalue weighted by Gasteiger charge is 2.19. The lowest BCUT2D eigenvalue weighted by Gasteiger charge is -2.18. The second-order valence-corrected chi connectivity index (χ2v) is 17.7. The molecule has 0 heterocycles. The third kappa shape index (κ3) is 51.4. The van der Waals surface area contributed by atoms with Crippen molar-refractivity contribution in [1.82, 2.24) is 0 Å². The molecule has 0 aliphatic heterocycles. The standard InChI is InChI=1S/C59H100O6/c1-4-7-10-13-16-19-22-25-27-28-29-30-32-34-37-40-43-46-49-52-58(61)64-55-56(54-63-57(60)51-48-45-42-39-36-33-24-21-18-15-12-9-6-3)65-59(62)53-50-47-44-41-38-35-31-26-23-20-17-14-11-8-5-2/h8,11,16-17,19-21,24-27,31,38,41,56H,4-7,9-10,12-15,18,22-23,28-30,32-37,39-40,42-55H2,1-3H3/b11-8-,19-16-,20-17-,24-21-,27-25-,31-26-,41-38-. The largest absolute Gasteiger partial charge is 0.462 e. The zero-order valence-corrected chi connectivity index (χ0v) is 42.5. The summed E-state index contributed by atoms with van der Waals surface area (Å²) in [5.41, 5.74) is 0. The van der Waals surface area contributed by atoms with Crippen LogP contribution in [0.1, 0.15) is 252 Å². The van der Waals surface area contributed by atoms with E-state index in [0.29, 0.717) is 19.3 Å². The topological polar surface area (TPSA) is 78.9 Å². The molecule has 372 valence electrons. The Balaban J connectivity index is 4.43. The summed E-state index contributed by atoms with van der Waals surface area (Å²) in [5.74, 6) is -0.952. The fourth-order valence-electron chi connectivity index (χ4n) is 7.28. The van der Waals surface area contributed by atoms with Crippen LogP contribution < -0.4 is 0 Å². The third-order valence-corrected chi connectivity index (χ3v) is 11.4. The molecule has 0 spiro atoms. The van der Waals surface area contributed by atoms with Gasteiger partial charge in [0.25, 0.3) is 0 Å². The van der Waals surface area contributed by atoms with Crippen molar-refractivity contribution in [2.45, 2.75) is 258 Å². The SMILES string of the molecule is CC/C=C\C/C=C\C/C=C\C/C=C\CCCCC(=O)OC(COC(=O)CCCCCCC/C=C\CCCCCC)COC(=O)CCCCCCCCCCC/C=C\C/C=C\CCCCC. The Morgan fingerprint density at radius 2 is 0.600 bits per heavy atom. The highest BCUT2D eigenvalue weighted by molar-refractivity contribution is 5.71. The summed E-state index contributed by atoms with van der Waals surface area (Å²) >= 11 is 0. The number of hydrogen-bond acceptors (Lipinski definition) is 6. The van der Waals surface area contributed by atoms with Gasteiger partial charge in [0.15, 0.2) is 6.10 Å². The average Bonchev–Trinajstić information content (AvgIpc) is 3.30. The van der Waals surface area contributed by atoms with Gasteiger partial charge in [-0.3, -0.25) is 14.4 Å². The van der Waals surface area contributed by atoms with Gasteiger partial charge in [-0.2, -0.15) is 0 Å². The van der Waals surface area contributed by atoms with Gasteiger partial charge in [0, 0.05) is 19.3 Å². The number of unbranched alkanes of at least 4 members (excludes halogenated alkanes) is 23. The van der Waals surface area contributed by atoms with Gasteiger partial charge in [-0.15, -0.1) is 0 Å². The molecule has 6 nitrogen and oxygen atoms in total. The van der Waals surface area contributed by atoms with Crippen LogP contribution in [0.15, 0.2) is 85.1 Å². The molecular formula is C59H100O6. The van der Waals surface area contributed by atoms with Crippen LogP contribution in [0, 0.1) is 0 Å². The molecule has 0 aromatic rings. The summed E-state index contributed by atoms with van der Waals surface area (Å²) in [7, 11) is 0. The number of esters is 3. The van der Waals surface area contributed by atoms with Crippen LogP contribution in [0.2, 0.25) is 0 Å². The third-order valence-electron chi connectivity index (χ3n) is 11.4. The molecule has 65 heavy (non-hydrogen) atoms. The summed E-state index contributed by atoms with van der Waals surface area (Å²) in [5, 5.41) is 0. The van der Waals surface area contributed by atoms with Crippen LogP contribution in [0.25, 0.3) is 0 Å². The van der Waals surface area contributed by atoms with E-state index in [-0.39, 0.29) is 37.5 Å². The smallest absolute Gasteiger partial charge is 0.306 e. The quantitative estimate of drug-likeness (QED) is 0.0262. The minimum absolute atomic E-state index is 0.0983. The van der Waals surface area contributed by atoms with Gasteiger partial charge < -0.3 is 14.2 Å². The van der Waals surface area contributed by atoms with E-state index in [0.717, 1.165) is 89.9 Å². The van der Waals surface area contributed by atoms with E-state index in [2.05, 4.69) is 106 Å². The number of allylic oxidation sites excluding steroid dienone is 14. The van der Waals surface area contributed by atoms with Crippen molar-refractivity contribution in [1.29, 1.82) is 0 Å². The van der Waals surface area contributed by atoms with Crippen molar-refractivity contribution in [2.75, 3.05) is 13.2 Å². The molecule has 1 atom stereocenters. The van der Waals surface area contributed by atoms with Crippen molar-refractivity contribution in [3.63, 3.8) is 0 Å². The maximum Gasteiger partial charge on any atom is 0.306 e. The van der Waals surface area contributed by atoms with E-state index in [4.69, 9.17) is 14.2 Å². The van der Waals surface area contributed by atoms with Crippen LogP contribution >= 0.6 is 0 Å². The molecule has 0 saturated heterocycles. The van der Waals surface area contributed by atoms with Crippen LogP contribution in [0.3, 0.4) is 0 Å². The lowest BCUT2D eigenvalue weighted by molar-refractivity contribution is -0.167. The van der Waals surface area contributed by atoms with E-state index in [1.807, 2.05) is 0 Å². The Kier molecular flexibility index (Phi) is 50.4. The molecule has 0 radical (unpaired) electrons. The van der Waals surface area contributed by atoms with Crippen molar-refractivity contribution >= 4 is 17.9 Å². The van der Waals surface area contributed by atoms with Gasteiger partial charge in [-0.25, -0.2) is 0 Å². The Hall–Kier alpha value is -3.41. The van der Waals surface area contributed by atoms with Gasteiger partial charge in [-0.05, 0) is 116 Å². The number of hydrogen-bond donors (Lipinski definition) is 0. The molecule has 6 heteroatoms. The Labute approximate surface area is 401 Å². The Morgan fingerprint density at radius 3 is 1.02 bits per heavy atom. The zero-order valence-electron chi connectivity index (χ0n) is 42.5. The molecule has 0 bridgehead atoms. The average molecular weight is 905 g/mol. The first-order valence-electron chi connectivity index (χ1n) is 27.1. The molecule has 0 saturated carbocycles. The highest BCUT2D eigenvalue weighted by Crippen LogP contribution is 2.14. The Morgan fingerprint density at radius 1 is 0.323 bits per heavy atom. The summed E-state index contributed by atoms with van der Waals surface area (Å²) in [4.78, 5) is 38.0. The second-order valence-electron chi connectivity index (χ2n) is 17.7. The number of ether oxygens (including phenoxy) is 3. The van der Waals surface area contributed by atoms with Crippen LogP contribution in [-0.2, 0) is 28.6 Å². The normalized spacial score (nSPS) is 12.7. The fourth-order valence-corrected chi connectivity index (χ4v) is 7.28. The molecule has 0 N–H and O–H groups in total. The lowest BCUT2D eigenvalue weighted by atomic mass is 10.1. The van der Waals surface area contributed by atoms with E-state index >= 15 is 0 Å². The van der Waals surface area contributed by atoms with Gasteiger partial charge in [0.05, 0.1) is 0 Å².